The molecule has 4 nitrogen and oxygen atoms in total. The number of hydrogen-bond acceptors (Lipinski definition) is 4. The molecule has 0 spiro atoms. The minimum atomic E-state index is -3.13. The van der Waals surface area contributed by atoms with E-state index in [-0.39, 0.29) is 0 Å². The molecule has 0 bridgehead atoms. The maximum Gasteiger partial charge on any atom is 0.376 e. The first-order chi connectivity index (χ1) is 7.51. The van der Waals surface area contributed by atoms with Crippen LogP contribution in [0.4, 0.5) is 0 Å². The Bertz CT molecular complexity index is 254. The smallest absolute Gasteiger partial charge is 0.371 e. The third-order valence-electron chi connectivity index (χ3n) is 1.95. The van der Waals surface area contributed by atoms with Gasteiger partial charge in [0, 0.05) is 14.1 Å². The summed E-state index contributed by atoms with van der Waals surface area (Å²) in [5.74, 6) is 0. The number of unbranched alkanes of at least 4 members (excludes halogenated alkanes) is 1. The normalized spacial score (nSPS) is 12.9. The Hall–Kier alpha value is -0.310. The van der Waals surface area contributed by atoms with Gasteiger partial charge in [0.1, 0.15) is 5.44 Å². The van der Waals surface area contributed by atoms with Crippen molar-refractivity contribution in [3.05, 3.63) is 11.5 Å². The van der Waals surface area contributed by atoms with E-state index >= 15 is 0 Å². The molecule has 0 aromatic carbocycles. The Kier molecular flexibility index (Phi) is 7.73. The number of rotatable bonds is 8. The molecule has 0 aliphatic heterocycles. The molecule has 0 amide bonds. The van der Waals surface area contributed by atoms with Gasteiger partial charge >= 0.3 is 7.60 Å². The maximum atomic E-state index is 12.5. The molecule has 0 aromatic rings. The molecular weight excluding hydrogens is 225 g/mol. The monoisotopic (exact) mass is 249 g/mol. The quantitative estimate of drug-likeness (QED) is 0.617. The summed E-state index contributed by atoms with van der Waals surface area (Å²) in [6.45, 7) is 6.48. The lowest BCUT2D eigenvalue weighted by Crippen LogP contribution is -2.14. The second-order valence-corrected chi connectivity index (χ2v) is 5.55. The van der Waals surface area contributed by atoms with Gasteiger partial charge in [-0.05, 0) is 20.3 Å². The van der Waals surface area contributed by atoms with Crippen LogP contribution >= 0.6 is 7.60 Å². The highest BCUT2D eigenvalue weighted by molar-refractivity contribution is 7.58. The van der Waals surface area contributed by atoms with Crippen molar-refractivity contribution >= 4 is 7.60 Å². The van der Waals surface area contributed by atoms with E-state index < -0.39 is 7.60 Å². The highest BCUT2D eigenvalue weighted by atomic mass is 31.2. The molecule has 0 heterocycles. The van der Waals surface area contributed by atoms with E-state index in [0.29, 0.717) is 18.7 Å². The standard InChI is InChI=1S/C11H24NO3P/c1-6-9-10-11(12(4)5)16(13,14-7-2)15-8-3/h10H,6-9H2,1-5H3/b11-10+. The molecular formula is C11H24NO3P. The molecule has 0 radical (unpaired) electrons. The summed E-state index contributed by atoms with van der Waals surface area (Å²) < 4.78 is 23.1. The van der Waals surface area contributed by atoms with Crippen molar-refractivity contribution in [2.75, 3.05) is 27.3 Å². The van der Waals surface area contributed by atoms with Crippen LogP contribution in [-0.4, -0.2) is 32.2 Å². The van der Waals surface area contributed by atoms with Crippen molar-refractivity contribution < 1.29 is 13.6 Å². The highest BCUT2D eigenvalue weighted by Crippen LogP contribution is 2.56. The van der Waals surface area contributed by atoms with Crippen molar-refractivity contribution in [2.45, 2.75) is 33.6 Å². The lowest BCUT2D eigenvalue weighted by atomic mass is 10.3. The van der Waals surface area contributed by atoms with Crippen LogP contribution in [0, 0.1) is 0 Å². The van der Waals surface area contributed by atoms with Crippen molar-refractivity contribution in [2.24, 2.45) is 0 Å². The molecule has 0 saturated heterocycles. The van der Waals surface area contributed by atoms with Gasteiger partial charge in [-0.2, -0.15) is 0 Å². The molecule has 0 aliphatic carbocycles. The fourth-order valence-corrected chi connectivity index (χ4v) is 3.18. The first-order valence-corrected chi connectivity index (χ1v) is 7.33. The minimum absolute atomic E-state index is 0.384. The van der Waals surface area contributed by atoms with Crippen molar-refractivity contribution in [3.8, 4) is 0 Å². The van der Waals surface area contributed by atoms with E-state index in [9.17, 15) is 4.57 Å². The summed E-state index contributed by atoms with van der Waals surface area (Å²) in [4.78, 5) is 1.81. The van der Waals surface area contributed by atoms with Crippen LogP contribution < -0.4 is 0 Å². The van der Waals surface area contributed by atoms with Gasteiger partial charge in [0.15, 0.2) is 0 Å². The third kappa shape index (κ3) is 4.69. The largest absolute Gasteiger partial charge is 0.376 e. The fraction of sp³-hybridized carbons (Fsp3) is 0.818. The van der Waals surface area contributed by atoms with Crippen LogP contribution in [0.5, 0.6) is 0 Å². The number of nitrogens with zero attached hydrogens (tertiary/aromatic N) is 1. The SMILES string of the molecule is CCC/C=C(\N(C)C)P(=O)(OCC)OCC. The Morgan fingerprint density at radius 3 is 2.00 bits per heavy atom. The average molecular weight is 249 g/mol. The topological polar surface area (TPSA) is 38.8 Å². The highest BCUT2D eigenvalue weighted by Gasteiger charge is 2.30. The zero-order valence-corrected chi connectivity index (χ0v) is 11.9. The Morgan fingerprint density at radius 1 is 1.19 bits per heavy atom. The first kappa shape index (κ1) is 15.7. The van der Waals surface area contributed by atoms with E-state index in [1.165, 1.54) is 0 Å². The van der Waals surface area contributed by atoms with Crippen LogP contribution in [-0.2, 0) is 13.6 Å². The Labute approximate surface area is 99.1 Å². The molecule has 0 aliphatic rings. The van der Waals surface area contributed by atoms with Crippen LogP contribution in [0.15, 0.2) is 11.5 Å². The molecule has 0 N–H and O–H groups in total. The van der Waals surface area contributed by atoms with Gasteiger partial charge in [0.25, 0.3) is 0 Å². The zero-order chi connectivity index (χ0) is 12.6. The summed E-state index contributed by atoms with van der Waals surface area (Å²) >= 11 is 0. The van der Waals surface area contributed by atoms with Gasteiger partial charge < -0.3 is 13.9 Å². The molecule has 0 aromatic heterocycles. The molecule has 5 heteroatoms. The Balaban J connectivity index is 5.01. The number of hydrogen-bond donors (Lipinski definition) is 0. The van der Waals surface area contributed by atoms with Gasteiger partial charge in [-0.25, -0.2) is 0 Å². The molecule has 0 fully saturated rings. The Morgan fingerprint density at radius 2 is 1.69 bits per heavy atom. The van der Waals surface area contributed by atoms with Gasteiger partial charge in [-0.1, -0.05) is 19.4 Å². The molecule has 96 valence electrons. The van der Waals surface area contributed by atoms with E-state index in [4.69, 9.17) is 9.05 Å². The summed E-state index contributed by atoms with van der Waals surface area (Å²) in [6.07, 6.45) is 3.82. The van der Waals surface area contributed by atoms with E-state index in [1.54, 1.807) is 0 Å². The minimum Gasteiger partial charge on any atom is -0.371 e. The second-order valence-electron chi connectivity index (χ2n) is 3.58. The van der Waals surface area contributed by atoms with Gasteiger partial charge in [-0.3, -0.25) is 4.57 Å². The maximum absolute atomic E-state index is 12.5. The van der Waals surface area contributed by atoms with Crippen LogP contribution in [0.1, 0.15) is 33.6 Å². The predicted molar refractivity (Wildman–Crippen MR) is 67.5 cm³/mol. The molecule has 0 rings (SSSR count). The predicted octanol–water partition coefficient (Wildman–Crippen LogP) is 3.46. The van der Waals surface area contributed by atoms with E-state index in [0.717, 1.165) is 12.8 Å². The lowest BCUT2D eigenvalue weighted by Gasteiger charge is -2.25. The van der Waals surface area contributed by atoms with Crippen molar-refractivity contribution in [1.82, 2.24) is 4.90 Å². The van der Waals surface area contributed by atoms with E-state index in [2.05, 4.69) is 6.92 Å². The first-order valence-electron chi connectivity index (χ1n) is 5.78. The molecule has 0 saturated carbocycles. The molecule has 0 unspecified atom stereocenters. The zero-order valence-electron chi connectivity index (χ0n) is 11.0. The fourth-order valence-electron chi connectivity index (χ4n) is 1.32. The number of allylic oxidation sites excluding steroid dienone is 1. The van der Waals surface area contributed by atoms with Gasteiger partial charge in [0.05, 0.1) is 13.2 Å². The molecule has 16 heavy (non-hydrogen) atoms. The van der Waals surface area contributed by atoms with Crippen LogP contribution in [0.25, 0.3) is 0 Å². The van der Waals surface area contributed by atoms with Gasteiger partial charge in [0.2, 0.25) is 0 Å². The van der Waals surface area contributed by atoms with Gasteiger partial charge in [-0.15, -0.1) is 0 Å². The summed E-state index contributed by atoms with van der Waals surface area (Å²) in [5.41, 5.74) is 0.651. The second kappa shape index (κ2) is 7.88. The van der Waals surface area contributed by atoms with E-state index in [1.807, 2.05) is 38.9 Å². The van der Waals surface area contributed by atoms with Crippen LogP contribution in [0.3, 0.4) is 0 Å². The summed E-state index contributed by atoms with van der Waals surface area (Å²) in [6, 6.07) is 0. The summed E-state index contributed by atoms with van der Waals surface area (Å²) in [5, 5.41) is 0. The molecule has 0 atom stereocenters. The van der Waals surface area contributed by atoms with Crippen LogP contribution in [0.2, 0.25) is 0 Å². The summed E-state index contributed by atoms with van der Waals surface area (Å²) in [7, 11) is 0.578. The average Bonchev–Trinajstić information content (AvgIpc) is 2.18. The van der Waals surface area contributed by atoms with Crippen molar-refractivity contribution in [3.63, 3.8) is 0 Å². The lowest BCUT2D eigenvalue weighted by molar-refractivity contribution is 0.219. The van der Waals surface area contributed by atoms with Crippen molar-refractivity contribution in [1.29, 1.82) is 0 Å². The third-order valence-corrected chi connectivity index (χ3v) is 4.29.